The fourth-order valence-corrected chi connectivity index (χ4v) is 4.36. The van der Waals surface area contributed by atoms with Crippen molar-refractivity contribution in [2.24, 2.45) is 5.92 Å². The van der Waals surface area contributed by atoms with Crippen LogP contribution in [0.15, 0.2) is 42.5 Å². The molecule has 2 aromatic carbocycles. The third-order valence-electron chi connectivity index (χ3n) is 5.38. The molecule has 0 aromatic heterocycles. The van der Waals surface area contributed by atoms with E-state index in [4.69, 9.17) is 4.74 Å². The lowest BCUT2D eigenvalue weighted by atomic mass is 9.75. The second-order valence-corrected chi connectivity index (χ2v) is 6.95. The van der Waals surface area contributed by atoms with Gasteiger partial charge in [0.25, 0.3) is 0 Å². The van der Waals surface area contributed by atoms with Gasteiger partial charge < -0.3 is 15.2 Å². The van der Waals surface area contributed by atoms with E-state index in [2.05, 4.69) is 43.4 Å². The second-order valence-electron chi connectivity index (χ2n) is 6.95. The highest BCUT2D eigenvalue weighted by atomic mass is 16.5. The molecule has 2 aliphatic rings. The van der Waals surface area contributed by atoms with Gasteiger partial charge in [0, 0.05) is 11.6 Å². The number of hydrogen-bond donors (Lipinski definition) is 2. The van der Waals surface area contributed by atoms with Crippen molar-refractivity contribution in [3.8, 4) is 11.5 Å². The monoisotopic (exact) mass is 321 g/mol. The Balaban J connectivity index is 1.81. The van der Waals surface area contributed by atoms with Crippen molar-refractivity contribution in [3.05, 3.63) is 64.7 Å². The van der Waals surface area contributed by atoms with Gasteiger partial charge >= 0.3 is 0 Å². The van der Waals surface area contributed by atoms with Gasteiger partial charge in [0.05, 0.1) is 13.2 Å². The van der Waals surface area contributed by atoms with E-state index < -0.39 is 0 Å². The first-order valence-corrected chi connectivity index (χ1v) is 8.49. The number of nitrogens with one attached hydrogen (secondary N) is 1. The maximum atomic E-state index is 9.89. The summed E-state index contributed by atoms with van der Waals surface area (Å²) in [5, 5.41) is 13.7. The second kappa shape index (κ2) is 5.59. The number of ether oxygens (including phenoxy) is 1. The van der Waals surface area contributed by atoms with Crippen LogP contribution in [-0.2, 0) is 0 Å². The van der Waals surface area contributed by atoms with Gasteiger partial charge in [0.1, 0.15) is 0 Å². The van der Waals surface area contributed by atoms with Gasteiger partial charge in [0.15, 0.2) is 11.5 Å². The molecule has 3 unspecified atom stereocenters. The van der Waals surface area contributed by atoms with Crippen molar-refractivity contribution in [2.45, 2.75) is 32.2 Å². The molecule has 0 amide bonds. The van der Waals surface area contributed by atoms with Crippen molar-refractivity contribution in [1.82, 2.24) is 0 Å². The maximum Gasteiger partial charge on any atom is 0.160 e. The minimum absolute atomic E-state index is 0.185. The van der Waals surface area contributed by atoms with Crippen molar-refractivity contribution < 1.29 is 9.84 Å². The van der Waals surface area contributed by atoms with Gasteiger partial charge in [-0.25, -0.2) is 0 Å². The lowest BCUT2D eigenvalue weighted by Gasteiger charge is -2.38. The van der Waals surface area contributed by atoms with E-state index >= 15 is 0 Å². The number of phenols is 1. The lowest BCUT2D eigenvalue weighted by molar-refractivity contribution is 0.370. The Bertz CT molecular complexity index is 825. The van der Waals surface area contributed by atoms with E-state index in [1.165, 1.54) is 22.4 Å². The van der Waals surface area contributed by atoms with Gasteiger partial charge in [-0.05, 0) is 66.6 Å². The molecular weight excluding hydrogens is 298 g/mol. The summed E-state index contributed by atoms with van der Waals surface area (Å²) in [4.78, 5) is 0. The molecular formula is C21H23NO2. The summed E-state index contributed by atoms with van der Waals surface area (Å²) in [6.07, 6.45) is 5.73. The zero-order chi connectivity index (χ0) is 16.8. The molecule has 2 aromatic rings. The van der Waals surface area contributed by atoms with E-state index in [9.17, 15) is 5.11 Å². The molecule has 0 fully saturated rings. The molecule has 1 aliphatic heterocycles. The first-order valence-electron chi connectivity index (χ1n) is 8.49. The molecule has 0 bridgehead atoms. The standard InChI is InChI=1S/C21H23NO2/c1-12-9-13(2)20-15-5-4-6-16(15)21(22-17(20)10-12)14-7-8-18(23)19(11-14)24-3/h4-5,7-11,15-16,21-23H,6H2,1-3H3. The van der Waals surface area contributed by atoms with Crippen molar-refractivity contribution in [1.29, 1.82) is 0 Å². The van der Waals surface area contributed by atoms with E-state index in [1.54, 1.807) is 13.2 Å². The zero-order valence-electron chi connectivity index (χ0n) is 14.3. The summed E-state index contributed by atoms with van der Waals surface area (Å²) >= 11 is 0. The normalized spacial score (nSPS) is 24.2. The molecule has 1 heterocycles. The fourth-order valence-electron chi connectivity index (χ4n) is 4.36. The molecule has 0 saturated heterocycles. The Kier molecular flexibility index (Phi) is 3.52. The number of methoxy groups -OCH3 is 1. The molecule has 3 atom stereocenters. The average Bonchev–Trinajstić information content (AvgIpc) is 3.03. The van der Waals surface area contributed by atoms with Crippen LogP contribution < -0.4 is 10.1 Å². The van der Waals surface area contributed by atoms with Crippen LogP contribution in [0.1, 0.15) is 40.6 Å². The first-order chi connectivity index (χ1) is 11.6. The zero-order valence-corrected chi connectivity index (χ0v) is 14.3. The van der Waals surface area contributed by atoms with Crippen LogP contribution in [-0.4, -0.2) is 12.2 Å². The number of aryl methyl sites for hydroxylation is 2. The largest absolute Gasteiger partial charge is 0.504 e. The summed E-state index contributed by atoms with van der Waals surface area (Å²) in [6, 6.07) is 10.4. The Morgan fingerprint density at radius 1 is 1.17 bits per heavy atom. The topological polar surface area (TPSA) is 41.5 Å². The predicted molar refractivity (Wildman–Crippen MR) is 96.9 cm³/mol. The third kappa shape index (κ3) is 2.27. The van der Waals surface area contributed by atoms with Crippen molar-refractivity contribution >= 4 is 5.69 Å². The maximum absolute atomic E-state index is 9.89. The highest BCUT2D eigenvalue weighted by molar-refractivity contribution is 5.64. The summed E-state index contributed by atoms with van der Waals surface area (Å²) in [5.41, 5.74) is 6.47. The van der Waals surface area contributed by atoms with Crippen LogP contribution in [0, 0.1) is 19.8 Å². The minimum atomic E-state index is 0.185. The van der Waals surface area contributed by atoms with Crippen LogP contribution in [0.5, 0.6) is 11.5 Å². The molecule has 0 saturated carbocycles. The summed E-state index contributed by atoms with van der Waals surface area (Å²) in [6.45, 7) is 4.35. The average molecular weight is 321 g/mol. The number of phenolic OH excluding ortho intramolecular Hbond substituents is 1. The molecule has 4 rings (SSSR count). The van der Waals surface area contributed by atoms with E-state index in [1.807, 2.05) is 12.1 Å². The van der Waals surface area contributed by atoms with E-state index in [-0.39, 0.29) is 11.8 Å². The number of anilines is 1. The van der Waals surface area contributed by atoms with Crippen LogP contribution in [0.4, 0.5) is 5.69 Å². The summed E-state index contributed by atoms with van der Waals surface area (Å²) in [7, 11) is 1.59. The predicted octanol–water partition coefficient (Wildman–Crippen LogP) is 4.84. The Morgan fingerprint density at radius 2 is 2.00 bits per heavy atom. The number of aromatic hydroxyl groups is 1. The molecule has 3 nitrogen and oxygen atoms in total. The summed E-state index contributed by atoms with van der Waals surface area (Å²) in [5.74, 6) is 1.66. The molecule has 0 radical (unpaired) electrons. The number of rotatable bonds is 2. The molecule has 0 spiro atoms. The van der Waals surface area contributed by atoms with E-state index in [0.29, 0.717) is 17.6 Å². The SMILES string of the molecule is COc1cc(C2Nc3cc(C)cc(C)c3C3C=CCC32)ccc1O. The van der Waals surface area contributed by atoms with Crippen molar-refractivity contribution in [2.75, 3.05) is 12.4 Å². The molecule has 2 N–H and O–H groups in total. The Morgan fingerprint density at radius 3 is 2.79 bits per heavy atom. The van der Waals surface area contributed by atoms with E-state index in [0.717, 1.165) is 12.0 Å². The van der Waals surface area contributed by atoms with Crippen LogP contribution in [0.25, 0.3) is 0 Å². The highest BCUT2D eigenvalue weighted by Gasteiger charge is 2.38. The quantitative estimate of drug-likeness (QED) is 0.777. The number of benzene rings is 2. The lowest BCUT2D eigenvalue weighted by Crippen LogP contribution is -2.29. The van der Waals surface area contributed by atoms with Gasteiger partial charge in [-0.1, -0.05) is 24.3 Å². The number of allylic oxidation sites excluding steroid dienone is 2. The minimum Gasteiger partial charge on any atom is -0.504 e. The van der Waals surface area contributed by atoms with Gasteiger partial charge in [-0.15, -0.1) is 0 Å². The Hall–Kier alpha value is -2.42. The summed E-state index contributed by atoms with van der Waals surface area (Å²) < 4.78 is 5.30. The molecule has 1 aliphatic carbocycles. The fraction of sp³-hybridized carbons (Fsp3) is 0.333. The first kappa shape index (κ1) is 15.1. The molecule has 3 heteroatoms. The highest BCUT2D eigenvalue weighted by Crippen LogP contribution is 2.51. The number of fused-ring (bicyclic) bond motifs is 3. The third-order valence-corrected chi connectivity index (χ3v) is 5.38. The molecule has 24 heavy (non-hydrogen) atoms. The van der Waals surface area contributed by atoms with Crippen LogP contribution >= 0.6 is 0 Å². The van der Waals surface area contributed by atoms with Crippen LogP contribution in [0.3, 0.4) is 0 Å². The smallest absolute Gasteiger partial charge is 0.160 e. The van der Waals surface area contributed by atoms with Gasteiger partial charge in [-0.3, -0.25) is 0 Å². The Labute approximate surface area is 143 Å². The number of hydrogen-bond acceptors (Lipinski definition) is 3. The van der Waals surface area contributed by atoms with Crippen molar-refractivity contribution in [3.63, 3.8) is 0 Å². The van der Waals surface area contributed by atoms with Crippen LogP contribution in [0.2, 0.25) is 0 Å². The van der Waals surface area contributed by atoms with Gasteiger partial charge in [-0.2, -0.15) is 0 Å². The molecule has 124 valence electrons. The van der Waals surface area contributed by atoms with Gasteiger partial charge in [0.2, 0.25) is 0 Å².